The number of hydrogen-bond acceptors (Lipinski definition) is 3. The maximum Gasteiger partial charge on any atom is 0.0693 e. The lowest BCUT2D eigenvalue weighted by molar-refractivity contribution is 0.0900. The zero-order valence-electron chi connectivity index (χ0n) is 9.67. The Morgan fingerprint density at radius 3 is 2.80 bits per heavy atom. The summed E-state index contributed by atoms with van der Waals surface area (Å²) in [6.45, 7) is 3.42. The number of hydrogen-bond donors (Lipinski definition) is 2. The summed E-state index contributed by atoms with van der Waals surface area (Å²) in [5.74, 6) is 1.31. The van der Waals surface area contributed by atoms with Gasteiger partial charge in [-0.05, 0) is 38.4 Å². The molecule has 0 spiro atoms. The Hall–Kier alpha value is 0.270. The van der Waals surface area contributed by atoms with Gasteiger partial charge >= 0.3 is 0 Å². The molecule has 2 aliphatic rings. The molecule has 2 rings (SSSR count). The fourth-order valence-electron chi connectivity index (χ4n) is 2.67. The lowest BCUT2D eigenvalue weighted by Crippen LogP contribution is -2.46. The molecule has 3 heteroatoms. The Labute approximate surface area is 97.2 Å². The summed E-state index contributed by atoms with van der Waals surface area (Å²) in [6.07, 6.45) is 7.20. The van der Waals surface area contributed by atoms with Crippen molar-refractivity contribution in [2.45, 2.75) is 62.3 Å². The number of aliphatic hydroxyl groups is 1. The van der Waals surface area contributed by atoms with Crippen LogP contribution >= 0.6 is 11.8 Å². The van der Waals surface area contributed by atoms with E-state index in [1.165, 1.54) is 31.4 Å². The molecule has 1 aliphatic carbocycles. The van der Waals surface area contributed by atoms with Gasteiger partial charge in [-0.15, -0.1) is 0 Å². The van der Waals surface area contributed by atoms with Gasteiger partial charge in [-0.3, -0.25) is 0 Å². The molecule has 1 unspecified atom stereocenters. The smallest absolute Gasteiger partial charge is 0.0693 e. The van der Waals surface area contributed by atoms with Crippen LogP contribution in [-0.2, 0) is 0 Å². The molecule has 15 heavy (non-hydrogen) atoms. The summed E-state index contributed by atoms with van der Waals surface area (Å²) in [4.78, 5) is 0. The highest BCUT2D eigenvalue weighted by atomic mass is 32.2. The third-order valence-electron chi connectivity index (χ3n) is 3.77. The van der Waals surface area contributed by atoms with E-state index in [1.807, 2.05) is 0 Å². The molecule has 3 atom stereocenters. The second kappa shape index (κ2) is 5.07. The Morgan fingerprint density at radius 1 is 1.33 bits per heavy atom. The van der Waals surface area contributed by atoms with E-state index in [9.17, 15) is 5.11 Å². The van der Waals surface area contributed by atoms with Crippen molar-refractivity contribution < 1.29 is 5.11 Å². The Bertz CT molecular complexity index is 204. The van der Waals surface area contributed by atoms with Gasteiger partial charge in [0.05, 0.1) is 6.10 Å². The topological polar surface area (TPSA) is 32.3 Å². The second-order valence-electron chi connectivity index (χ2n) is 5.24. The molecule has 2 nitrogen and oxygen atoms in total. The van der Waals surface area contributed by atoms with Crippen molar-refractivity contribution in [3.05, 3.63) is 0 Å². The minimum absolute atomic E-state index is 0.103. The monoisotopic (exact) mass is 229 g/mol. The molecule has 2 fully saturated rings. The first-order chi connectivity index (χ1) is 7.20. The lowest BCUT2D eigenvalue weighted by atomic mass is 9.92. The minimum atomic E-state index is -0.103. The van der Waals surface area contributed by atoms with Gasteiger partial charge in [-0.25, -0.2) is 0 Å². The first-order valence-corrected chi connectivity index (χ1v) is 7.24. The van der Waals surface area contributed by atoms with Gasteiger partial charge < -0.3 is 10.4 Å². The average molecular weight is 229 g/mol. The fraction of sp³-hybridized carbons (Fsp3) is 1.00. The van der Waals surface area contributed by atoms with Crippen LogP contribution in [0.4, 0.5) is 0 Å². The van der Waals surface area contributed by atoms with Crippen LogP contribution in [-0.4, -0.2) is 34.3 Å². The Morgan fingerprint density at radius 2 is 2.13 bits per heavy atom. The van der Waals surface area contributed by atoms with E-state index in [2.05, 4.69) is 24.0 Å². The highest BCUT2D eigenvalue weighted by molar-refractivity contribution is 8.00. The molecule has 0 aromatic rings. The normalized spacial score (nSPS) is 42.0. The van der Waals surface area contributed by atoms with E-state index >= 15 is 0 Å². The van der Waals surface area contributed by atoms with Crippen LogP contribution in [0.5, 0.6) is 0 Å². The lowest BCUT2D eigenvalue weighted by Gasteiger charge is -2.32. The predicted molar refractivity (Wildman–Crippen MR) is 66.4 cm³/mol. The number of rotatable bonds is 3. The largest absolute Gasteiger partial charge is 0.392 e. The first-order valence-electron chi connectivity index (χ1n) is 6.25. The standard InChI is InChI=1S/C12H23NOS/c1-12(7-4-8-15-12)9-13-10-5-2-3-6-11(10)14/h10-11,13-14H,2-9H2,1H3/t10-,11-,12?/m1/s1. The van der Waals surface area contributed by atoms with Gasteiger partial charge in [0.1, 0.15) is 0 Å². The van der Waals surface area contributed by atoms with Crippen molar-refractivity contribution in [3.63, 3.8) is 0 Å². The van der Waals surface area contributed by atoms with Crippen molar-refractivity contribution in [2.24, 2.45) is 0 Å². The third kappa shape index (κ3) is 3.11. The summed E-state index contributed by atoms with van der Waals surface area (Å²) in [5.41, 5.74) is 0. The van der Waals surface area contributed by atoms with Crippen LogP contribution in [0.3, 0.4) is 0 Å². The van der Waals surface area contributed by atoms with E-state index in [0.29, 0.717) is 10.8 Å². The SMILES string of the molecule is CC1(CN[C@@H]2CCCC[C@H]2O)CCCS1. The van der Waals surface area contributed by atoms with Gasteiger partial charge in [0.15, 0.2) is 0 Å². The van der Waals surface area contributed by atoms with Crippen LogP contribution in [0.2, 0.25) is 0 Å². The van der Waals surface area contributed by atoms with Crippen molar-refractivity contribution in [1.82, 2.24) is 5.32 Å². The number of nitrogens with one attached hydrogen (secondary N) is 1. The Balaban J connectivity index is 1.76. The molecule has 0 aromatic heterocycles. The summed E-state index contributed by atoms with van der Waals surface area (Å²) >= 11 is 2.09. The molecule has 0 bridgehead atoms. The van der Waals surface area contributed by atoms with Crippen LogP contribution in [0.1, 0.15) is 45.4 Å². The third-order valence-corrected chi connectivity index (χ3v) is 5.31. The molecular formula is C12H23NOS. The highest BCUT2D eigenvalue weighted by Gasteiger charge is 2.31. The number of thioether (sulfide) groups is 1. The van der Waals surface area contributed by atoms with Crippen molar-refractivity contribution in [2.75, 3.05) is 12.3 Å². The van der Waals surface area contributed by atoms with Crippen molar-refractivity contribution in [3.8, 4) is 0 Å². The summed E-state index contributed by atoms with van der Waals surface area (Å²) < 4.78 is 0.428. The second-order valence-corrected chi connectivity index (χ2v) is 6.92. The molecular weight excluding hydrogens is 206 g/mol. The maximum atomic E-state index is 9.86. The van der Waals surface area contributed by atoms with E-state index in [4.69, 9.17) is 0 Å². The minimum Gasteiger partial charge on any atom is -0.392 e. The van der Waals surface area contributed by atoms with Crippen LogP contribution < -0.4 is 5.32 Å². The van der Waals surface area contributed by atoms with Gasteiger partial charge in [-0.2, -0.15) is 11.8 Å². The summed E-state index contributed by atoms with van der Waals surface area (Å²) in [5, 5.41) is 13.4. The molecule has 0 aromatic carbocycles. The predicted octanol–water partition coefficient (Wildman–Crippen LogP) is 2.17. The van der Waals surface area contributed by atoms with E-state index < -0.39 is 0 Å². The van der Waals surface area contributed by atoms with E-state index in [-0.39, 0.29) is 6.10 Å². The molecule has 0 amide bonds. The highest BCUT2D eigenvalue weighted by Crippen LogP contribution is 2.37. The molecule has 2 N–H and O–H groups in total. The summed E-state index contributed by atoms with van der Waals surface area (Å²) in [7, 11) is 0. The van der Waals surface area contributed by atoms with Crippen LogP contribution in [0.15, 0.2) is 0 Å². The van der Waals surface area contributed by atoms with Gasteiger partial charge in [0, 0.05) is 17.3 Å². The van der Waals surface area contributed by atoms with E-state index in [0.717, 1.165) is 19.4 Å². The summed E-state index contributed by atoms with van der Waals surface area (Å²) in [6, 6.07) is 0.358. The van der Waals surface area contributed by atoms with Gasteiger partial charge in [-0.1, -0.05) is 12.8 Å². The average Bonchev–Trinajstić information content (AvgIpc) is 2.65. The first kappa shape index (κ1) is 11.7. The molecule has 1 aliphatic heterocycles. The molecule has 0 radical (unpaired) electrons. The maximum absolute atomic E-state index is 9.86. The van der Waals surface area contributed by atoms with Crippen molar-refractivity contribution in [1.29, 1.82) is 0 Å². The Kier molecular flexibility index (Phi) is 3.97. The number of aliphatic hydroxyl groups excluding tert-OH is 1. The zero-order valence-corrected chi connectivity index (χ0v) is 10.5. The van der Waals surface area contributed by atoms with Gasteiger partial charge in [0.2, 0.25) is 0 Å². The van der Waals surface area contributed by atoms with Gasteiger partial charge in [0.25, 0.3) is 0 Å². The molecule has 1 heterocycles. The van der Waals surface area contributed by atoms with Crippen molar-refractivity contribution >= 4 is 11.8 Å². The molecule has 1 saturated carbocycles. The fourth-order valence-corrected chi connectivity index (χ4v) is 3.93. The zero-order chi connectivity index (χ0) is 10.7. The quantitative estimate of drug-likeness (QED) is 0.778. The van der Waals surface area contributed by atoms with Crippen LogP contribution in [0, 0.1) is 0 Å². The molecule has 88 valence electrons. The van der Waals surface area contributed by atoms with Crippen LogP contribution in [0.25, 0.3) is 0 Å². The van der Waals surface area contributed by atoms with E-state index in [1.54, 1.807) is 0 Å². The molecule has 1 saturated heterocycles.